The van der Waals surface area contributed by atoms with Gasteiger partial charge < -0.3 is 4.90 Å². The van der Waals surface area contributed by atoms with E-state index in [2.05, 4.69) is 14.4 Å². The number of pyridine rings is 1. The molecule has 1 amide bonds. The second kappa shape index (κ2) is 7.06. The minimum atomic E-state index is -2.94. The first-order chi connectivity index (χ1) is 12.7. The molecular weight excluding hydrogens is 372 g/mol. The molecule has 0 fully saturated rings. The van der Waals surface area contributed by atoms with Gasteiger partial charge in [0.2, 0.25) is 0 Å². The zero-order valence-corrected chi connectivity index (χ0v) is 16.1. The normalized spacial score (nSPS) is 15.7. The number of carbonyl (C=O) groups excluding carboxylic acids is 1. The van der Waals surface area contributed by atoms with Crippen molar-refractivity contribution >= 4 is 27.0 Å². The predicted octanol–water partition coefficient (Wildman–Crippen LogP) is 1.91. The van der Waals surface area contributed by atoms with Gasteiger partial charge in [-0.3, -0.25) is 24.6 Å². The van der Waals surface area contributed by atoms with Crippen molar-refractivity contribution in [3.63, 3.8) is 0 Å². The van der Waals surface area contributed by atoms with E-state index in [0.717, 1.165) is 0 Å². The van der Waals surface area contributed by atoms with Crippen LogP contribution in [0.4, 0.5) is 11.4 Å². The third kappa shape index (κ3) is 3.54. The van der Waals surface area contributed by atoms with Crippen LogP contribution in [0, 0.1) is 17.0 Å². The van der Waals surface area contributed by atoms with Gasteiger partial charge in [0.05, 0.1) is 44.5 Å². The Morgan fingerprint density at radius 1 is 1.37 bits per heavy atom. The Morgan fingerprint density at radius 2 is 2.11 bits per heavy atom. The minimum absolute atomic E-state index is 0.0763. The van der Waals surface area contributed by atoms with Gasteiger partial charge in [0, 0.05) is 25.4 Å². The zero-order chi connectivity index (χ0) is 19.8. The number of fused-ring (bicyclic) bond motifs is 1. The van der Waals surface area contributed by atoms with Crippen molar-refractivity contribution in [1.29, 1.82) is 0 Å². The Kier molecular flexibility index (Phi) is 4.96. The number of amides is 1. The molecule has 3 rings (SSSR count). The van der Waals surface area contributed by atoms with Crippen LogP contribution in [-0.4, -0.2) is 42.6 Å². The fraction of sp³-hybridized carbons (Fsp3) is 0.438. The van der Waals surface area contributed by atoms with Gasteiger partial charge >= 0.3 is 5.69 Å². The van der Waals surface area contributed by atoms with E-state index < -0.39 is 20.6 Å². The average Bonchev–Trinajstić information content (AvgIpc) is 3.05. The van der Waals surface area contributed by atoms with E-state index in [9.17, 15) is 19.1 Å². The summed E-state index contributed by atoms with van der Waals surface area (Å²) in [6, 6.07) is 0. The monoisotopic (exact) mass is 392 g/mol. The molecule has 2 aromatic rings. The first-order valence-electron chi connectivity index (χ1n) is 8.38. The Morgan fingerprint density at radius 3 is 2.78 bits per heavy atom. The smallest absolute Gasteiger partial charge is 0.310 e. The fourth-order valence-electron chi connectivity index (χ4n) is 3.13. The summed E-state index contributed by atoms with van der Waals surface area (Å²) < 4.78 is 18.5. The summed E-state index contributed by atoms with van der Waals surface area (Å²) in [5.41, 5.74) is 1.74. The van der Waals surface area contributed by atoms with E-state index in [1.807, 2.05) is 4.90 Å². The van der Waals surface area contributed by atoms with Crippen LogP contribution < -0.4 is 4.90 Å². The number of nitro groups is 1. The summed E-state index contributed by atoms with van der Waals surface area (Å²) in [5, 5.41) is 15.7. The Labute approximate surface area is 156 Å². The first-order valence-corrected chi connectivity index (χ1v) is 10.3. The van der Waals surface area contributed by atoms with Gasteiger partial charge in [0.15, 0.2) is 0 Å². The van der Waals surface area contributed by atoms with Gasteiger partial charge in [-0.2, -0.15) is 9.46 Å². The van der Waals surface area contributed by atoms with E-state index in [1.54, 1.807) is 24.7 Å². The second-order valence-corrected chi connectivity index (χ2v) is 8.55. The molecule has 27 heavy (non-hydrogen) atoms. The maximum atomic E-state index is 13.0. The van der Waals surface area contributed by atoms with Crippen LogP contribution in [0.5, 0.6) is 0 Å². The van der Waals surface area contributed by atoms with Crippen molar-refractivity contribution in [1.82, 2.24) is 14.8 Å². The molecule has 1 atom stereocenters. The predicted molar refractivity (Wildman–Crippen MR) is 99.0 cm³/mol. The van der Waals surface area contributed by atoms with Crippen LogP contribution in [0.2, 0.25) is 0 Å². The quantitative estimate of drug-likeness (QED) is 0.575. The van der Waals surface area contributed by atoms with E-state index >= 15 is 0 Å². The Hall–Kier alpha value is -2.82. The van der Waals surface area contributed by atoms with Crippen LogP contribution in [0.25, 0.3) is 0 Å². The molecule has 0 radical (unpaired) electrons. The molecule has 0 spiro atoms. The molecule has 2 aromatic heterocycles. The van der Waals surface area contributed by atoms with Crippen molar-refractivity contribution in [2.24, 2.45) is 4.36 Å². The van der Waals surface area contributed by atoms with Crippen LogP contribution in [0.1, 0.15) is 24.6 Å². The summed E-state index contributed by atoms with van der Waals surface area (Å²) in [6.07, 6.45) is 5.86. The molecular formula is C16H20N6O4S. The van der Waals surface area contributed by atoms with Crippen molar-refractivity contribution in [3.8, 4) is 0 Å². The van der Waals surface area contributed by atoms with Gasteiger partial charge in [-0.25, -0.2) is 4.21 Å². The number of aromatic nitrogens is 3. The highest BCUT2D eigenvalue weighted by atomic mass is 32.2. The van der Waals surface area contributed by atoms with E-state index in [4.69, 9.17) is 0 Å². The lowest BCUT2D eigenvalue weighted by Crippen LogP contribution is -2.35. The number of hydrogen-bond donors (Lipinski definition) is 0. The van der Waals surface area contributed by atoms with Gasteiger partial charge in [0.25, 0.3) is 5.91 Å². The first kappa shape index (κ1) is 19.0. The molecule has 10 nitrogen and oxygen atoms in total. The number of anilines is 1. The molecule has 0 aromatic carbocycles. The zero-order valence-electron chi connectivity index (χ0n) is 15.3. The van der Waals surface area contributed by atoms with Crippen LogP contribution in [0.15, 0.2) is 27.8 Å². The number of carbonyl (C=O) groups is 1. The summed E-state index contributed by atoms with van der Waals surface area (Å²) in [4.78, 5) is 28.8. The summed E-state index contributed by atoms with van der Waals surface area (Å²) >= 11 is 0. The van der Waals surface area contributed by atoms with Gasteiger partial charge in [-0.15, -0.1) is 0 Å². The molecule has 3 heterocycles. The van der Waals surface area contributed by atoms with Gasteiger partial charge in [-0.05, 0) is 12.5 Å². The van der Waals surface area contributed by atoms with E-state index in [1.165, 1.54) is 18.6 Å². The highest BCUT2D eigenvalue weighted by Crippen LogP contribution is 2.34. The Bertz CT molecular complexity index is 1040. The largest absolute Gasteiger partial charge is 0.358 e. The lowest BCUT2D eigenvalue weighted by atomic mass is 10.1. The molecule has 1 aliphatic rings. The summed E-state index contributed by atoms with van der Waals surface area (Å²) in [7, 11) is -2.94. The molecule has 0 saturated carbocycles. The van der Waals surface area contributed by atoms with Crippen molar-refractivity contribution in [2.75, 3.05) is 17.7 Å². The maximum Gasteiger partial charge on any atom is 0.310 e. The molecule has 11 heteroatoms. The number of aryl methyl sites for hydroxylation is 1. The molecule has 144 valence electrons. The van der Waals surface area contributed by atoms with Gasteiger partial charge in [-0.1, -0.05) is 6.92 Å². The highest BCUT2D eigenvalue weighted by molar-refractivity contribution is 7.93. The third-order valence-corrected chi connectivity index (χ3v) is 6.12. The van der Waals surface area contributed by atoms with Crippen LogP contribution in [-0.2, 0) is 27.6 Å². The number of rotatable bonds is 4. The molecule has 0 aliphatic carbocycles. The fourth-order valence-corrected chi connectivity index (χ4v) is 4.59. The SMILES string of the molecule is CCC(=O)N=S(C)(=O)c1cnn2c1CN(c1c(C)cncc1[N+](=O)[O-])CC2. The maximum absolute atomic E-state index is 13.0. The number of nitrogens with zero attached hydrogens (tertiary/aromatic N) is 6. The van der Waals surface area contributed by atoms with Crippen molar-refractivity contribution < 1.29 is 13.9 Å². The lowest BCUT2D eigenvalue weighted by Gasteiger charge is -2.30. The van der Waals surface area contributed by atoms with E-state index in [0.29, 0.717) is 34.9 Å². The summed E-state index contributed by atoms with van der Waals surface area (Å²) in [6.45, 7) is 4.69. The van der Waals surface area contributed by atoms with Crippen LogP contribution in [0.3, 0.4) is 0 Å². The molecule has 1 aliphatic heterocycles. The van der Waals surface area contributed by atoms with Crippen LogP contribution >= 0.6 is 0 Å². The third-order valence-electron chi connectivity index (χ3n) is 4.41. The minimum Gasteiger partial charge on any atom is -0.358 e. The standard InChI is InChI=1S/C16H20N6O4S/c1-4-15(23)19-27(3,26)14-9-18-21-6-5-20(10-13(14)21)16-11(2)7-17-8-12(16)22(24)25/h7-9H,4-6,10H2,1-3H3. The van der Waals surface area contributed by atoms with Crippen molar-refractivity contribution in [3.05, 3.63) is 40.0 Å². The number of hydrogen-bond acceptors (Lipinski definition) is 7. The molecule has 1 unspecified atom stereocenters. The Balaban J connectivity index is 2.05. The topological polar surface area (TPSA) is 124 Å². The molecule has 0 saturated heterocycles. The molecule has 0 N–H and O–H groups in total. The second-order valence-electron chi connectivity index (χ2n) is 6.32. The summed E-state index contributed by atoms with van der Waals surface area (Å²) in [5.74, 6) is -0.435. The highest BCUT2D eigenvalue weighted by Gasteiger charge is 2.29. The van der Waals surface area contributed by atoms with Gasteiger partial charge in [0.1, 0.15) is 11.9 Å². The average molecular weight is 392 g/mol. The van der Waals surface area contributed by atoms with E-state index in [-0.39, 0.29) is 18.7 Å². The lowest BCUT2D eigenvalue weighted by molar-refractivity contribution is -0.384. The molecule has 0 bridgehead atoms. The van der Waals surface area contributed by atoms with Crippen molar-refractivity contribution in [2.45, 2.75) is 38.3 Å².